The summed E-state index contributed by atoms with van der Waals surface area (Å²) in [6.07, 6.45) is 6.94. The lowest BCUT2D eigenvalue weighted by molar-refractivity contribution is -0.136. The second kappa shape index (κ2) is 11.6. The van der Waals surface area contributed by atoms with E-state index in [9.17, 15) is 14.7 Å². The molecule has 0 radical (unpaired) electrons. The molecule has 180 valence electrons. The smallest absolute Gasteiger partial charge is 0.317 e. The third-order valence-electron chi connectivity index (χ3n) is 6.53. The number of carbonyl (C=O) groups excluding carboxylic acids is 2. The molecule has 3 atom stereocenters. The Hall–Kier alpha value is -2.20. The Balaban J connectivity index is 1.72. The number of aliphatic hydroxyl groups is 1. The van der Waals surface area contributed by atoms with Gasteiger partial charge in [0.05, 0.1) is 31.6 Å². The lowest BCUT2D eigenvalue weighted by Gasteiger charge is -2.35. The third kappa shape index (κ3) is 6.65. The molecule has 0 aromatic carbocycles. The highest BCUT2D eigenvalue weighted by atomic mass is 16.5. The molecule has 0 unspecified atom stereocenters. The van der Waals surface area contributed by atoms with Gasteiger partial charge in [0.2, 0.25) is 5.91 Å². The molecule has 1 aliphatic heterocycles. The van der Waals surface area contributed by atoms with Gasteiger partial charge in [-0.25, -0.2) is 4.79 Å². The fourth-order valence-corrected chi connectivity index (χ4v) is 4.40. The van der Waals surface area contributed by atoms with Gasteiger partial charge in [-0.1, -0.05) is 25.0 Å². The van der Waals surface area contributed by atoms with Crippen LogP contribution in [-0.2, 0) is 22.7 Å². The van der Waals surface area contributed by atoms with Crippen molar-refractivity contribution in [2.45, 2.75) is 83.7 Å². The van der Waals surface area contributed by atoms with Crippen molar-refractivity contribution < 1.29 is 19.4 Å². The molecule has 1 aromatic heterocycles. The Bertz CT molecular complexity index is 751. The van der Waals surface area contributed by atoms with Gasteiger partial charge in [0, 0.05) is 45.1 Å². The van der Waals surface area contributed by atoms with E-state index in [0.717, 1.165) is 31.4 Å². The number of urea groups is 1. The van der Waals surface area contributed by atoms with Crippen LogP contribution in [0.15, 0.2) is 6.20 Å². The summed E-state index contributed by atoms with van der Waals surface area (Å²) in [7, 11) is 1.77. The van der Waals surface area contributed by atoms with E-state index in [-0.39, 0.29) is 49.3 Å². The molecule has 3 amide bonds. The molecule has 2 N–H and O–H groups in total. The van der Waals surface area contributed by atoms with Crippen molar-refractivity contribution >= 4 is 11.9 Å². The van der Waals surface area contributed by atoms with Gasteiger partial charge in [-0.05, 0) is 26.2 Å². The van der Waals surface area contributed by atoms with Crippen LogP contribution in [0.4, 0.5) is 4.79 Å². The van der Waals surface area contributed by atoms with E-state index in [1.165, 1.54) is 0 Å². The highest BCUT2D eigenvalue weighted by Gasteiger charge is 2.29. The number of amides is 3. The summed E-state index contributed by atoms with van der Waals surface area (Å²) < 4.78 is 7.94. The maximum atomic E-state index is 12.9. The fraction of sp³-hybridized carbons (Fsp3) is 0.818. The van der Waals surface area contributed by atoms with Gasteiger partial charge < -0.3 is 25.0 Å². The lowest BCUT2D eigenvalue weighted by atomic mass is 10.0. The van der Waals surface area contributed by atoms with Crippen LogP contribution in [-0.4, -0.2) is 86.8 Å². The van der Waals surface area contributed by atoms with Gasteiger partial charge in [0.1, 0.15) is 5.69 Å². The van der Waals surface area contributed by atoms with Crippen LogP contribution in [0.2, 0.25) is 0 Å². The van der Waals surface area contributed by atoms with Crippen molar-refractivity contribution in [3.8, 4) is 0 Å². The number of nitrogens with one attached hydrogen (secondary N) is 1. The molecule has 1 fully saturated rings. The third-order valence-corrected chi connectivity index (χ3v) is 6.53. The van der Waals surface area contributed by atoms with Crippen LogP contribution < -0.4 is 5.32 Å². The van der Waals surface area contributed by atoms with E-state index in [1.807, 2.05) is 20.0 Å². The SMILES string of the molecule is C[C@H]1CN([C@@H](C)CO)C(=O)CCCn2cc(nn2)CO[C@H]1CN(C)C(=O)NC1CCCC1. The van der Waals surface area contributed by atoms with E-state index >= 15 is 0 Å². The highest BCUT2D eigenvalue weighted by Crippen LogP contribution is 2.19. The number of nitrogens with zero attached hydrogens (tertiary/aromatic N) is 5. The summed E-state index contributed by atoms with van der Waals surface area (Å²) >= 11 is 0. The van der Waals surface area contributed by atoms with E-state index in [1.54, 1.807) is 21.5 Å². The number of aromatic nitrogens is 3. The molecule has 1 aliphatic carbocycles. The zero-order valence-corrected chi connectivity index (χ0v) is 19.6. The highest BCUT2D eigenvalue weighted by molar-refractivity contribution is 5.76. The molecule has 3 rings (SSSR count). The second-order valence-electron chi connectivity index (χ2n) is 9.29. The van der Waals surface area contributed by atoms with Crippen LogP contribution in [0.3, 0.4) is 0 Å². The molecular weight excluding hydrogens is 412 g/mol. The van der Waals surface area contributed by atoms with E-state index in [4.69, 9.17) is 4.74 Å². The predicted molar refractivity (Wildman–Crippen MR) is 119 cm³/mol. The number of hydrogen-bond acceptors (Lipinski definition) is 6. The first-order chi connectivity index (χ1) is 15.4. The van der Waals surface area contributed by atoms with Gasteiger partial charge in [-0.2, -0.15) is 0 Å². The average Bonchev–Trinajstić information content (AvgIpc) is 3.45. The lowest BCUT2D eigenvalue weighted by Crippen LogP contribution is -2.49. The van der Waals surface area contributed by atoms with Gasteiger partial charge >= 0.3 is 6.03 Å². The minimum atomic E-state index is -0.304. The van der Waals surface area contributed by atoms with Crippen LogP contribution in [0.25, 0.3) is 0 Å². The summed E-state index contributed by atoms with van der Waals surface area (Å²) in [5.41, 5.74) is 0.728. The first kappa shape index (κ1) is 24.4. The number of carbonyl (C=O) groups is 2. The molecule has 1 saturated carbocycles. The summed E-state index contributed by atoms with van der Waals surface area (Å²) in [5, 5.41) is 21.1. The molecule has 2 bridgehead atoms. The molecule has 10 heteroatoms. The Morgan fingerprint density at radius 2 is 2.12 bits per heavy atom. The number of hydrogen-bond donors (Lipinski definition) is 2. The van der Waals surface area contributed by atoms with Gasteiger partial charge in [0.25, 0.3) is 0 Å². The minimum absolute atomic E-state index is 0.00377. The number of likely N-dealkylation sites (N-methyl/N-ethyl adjacent to an activating group) is 1. The Morgan fingerprint density at radius 3 is 2.84 bits per heavy atom. The van der Waals surface area contributed by atoms with Crippen molar-refractivity contribution in [1.29, 1.82) is 0 Å². The van der Waals surface area contributed by atoms with Crippen LogP contribution >= 0.6 is 0 Å². The standard InChI is InChI=1S/C22H38N6O4/c1-16-11-28(17(2)14-29)21(30)9-6-10-27-12-19(24-25-27)15-32-20(16)13-26(3)22(31)23-18-7-4-5-8-18/h12,16-18,20,29H,4-11,13-15H2,1-3H3,(H,23,31)/t16-,17-,20-/m0/s1. The Kier molecular flexibility index (Phi) is 8.86. The van der Waals surface area contributed by atoms with Gasteiger partial charge in [-0.15, -0.1) is 5.10 Å². The quantitative estimate of drug-likeness (QED) is 0.701. The van der Waals surface area contributed by atoms with Crippen LogP contribution in [0.5, 0.6) is 0 Å². The maximum absolute atomic E-state index is 12.9. The fourth-order valence-electron chi connectivity index (χ4n) is 4.40. The average molecular weight is 451 g/mol. The molecule has 1 aromatic rings. The number of rotatable bonds is 5. The monoisotopic (exact) mass is 450 g/mol. The van der Waals surface area contributed by atoms with Gasteiger partial charge in [0.15, 0.2) is 0 Å². The summed E-state index contributed by atoms with van der Waals surface area (Å²) in [5.74, 6) is -0.0467. The maximum Gasteiger partial charge on any atom is 0.317 e. The molecule has 32 heavy (non-hydrogen) atoms. The summed E-state index contributed by atoms with van der Waals surface area (Å²) in [6.45, 7) is 5.51. The van der Waals surface area contributed by atoms with Crippen molar-refractivity contribution in [1.82, 2.24) is 30.1 Å². The van der Waals surface area contributed by atoms with E-state index < -0.39 is 0 Å². The van der Waals surface area contributed by atoms with E-state index in [2.05, 4.69) is 15.6 Å². The molecule has 2 heterocycles. The zero-order chi connectivity index (χ0) is 23.1. The summed E-state index contributed by atoms with van der Waals surface area (Å²) in [4.78, 5) is 29.0. The topological polar surface area (TPSA) is 113 Å². The first-order valence-electron chi connectivity index (χ1n) is 11.8. The normalized spacial score (nSPS) is 24.4. The first-order valence-corrected chi connectivity index (χ1v) is 11.8. The van der Waals surface area contributed by atoms with Crippen LogP contribution in [0.1, 0.15) is 58.1 Å². The molecule has 2 aliphatic rings. The van der Waals surface area contributed by atoms with Crippen molar-refractivity contribution in [3.05, 3.63) is 11.9 Å². The zero-order valence-electron chi connectivity index (χ0n) is 19.6. The van der Waals surface area contributed by atoms with Crippen molar-refractivity contribution in [3.63, 3.8) is 0 Å². The predicted octanol–water partition coefficient (Wildman–Crippen LogP) is 1.39. The van der Waals surface area contributed by atoms with Gasteiger partial charge in [-0.3, -0.25) is 9.48 Å². The Morgan fingerprint density at radius 1 is 1.38 bits per heavy atom. The van der Waals surface area contributed by atoms with E-state index in [0.29, 0.717) is 32.5 Å². The minimum Gasteiger partial charge on any atom is -0.394 e. The number of ether oxygens (including phenoxy) is 1. The summed E-state index contributed by atoms with van der Waals surface area (Å²) in [6, 6.07) is -0.133. The Labute approximate surface area is 190 Å². The second-order valence-corrected chi connectivity index (χ2v) is 9.29. The van der Waals surface area contributed by atoms with Crippen molar-refractivity contribution in [2.24, 2.45) is 5.92 Å². The number of fused-ring (bicyclic) bond motifs is 2. The molecule has 10 nitrogen and oxygen atoms in total. The van der Waals surface area contributed by atoms with Crippen LogP contribution in [0, 0.1) is 5.92 Å². The number of aryl methyl sites for hydroxylation is 1. The molecule has 0 spiro atoms. The number of aliphatic hydroxyl groups excluding tert-OH is 1. The largest absolute Gasteiger partial charge is 0.394 e. The molecule has 0 saturated heterocycles. The van der Waals surface area contributed by atoms with Crippen molar-refractivity contribution in [2.75, 3.05) is 26.7 Å². The molecular formula is C22H38N6O4.